The van der Waals surface area contributed by atoms with E-state index in [1.54, 1.807) is 36.7 Å². The third-order valence-electron chi connectivity index (χ3n) is 3.78. The van der Waals surface area contributed by atoms with E-state index in [-0.39, 0.29) is 5.56 Å². The van der Waals surface area contributed by atoms with Gasteiger partial charge in [-0.05, 0) is 36.4 Å². The molecule has 0 spiro atoms. The van der Waals surface area contributed by atoms with E-state index >= 15 is 0 Å². The normalized spacial score (nSPS) is 10.8. The fourth-order valence-corrected chi connectivity index (χ4v) is 2.86. The molecule has 5 nitrogen and oxygen atoms in total. The minimum absolute atomic E-state index is 0.190. The molecule has 25 heavy (non-hydrogen) atoms. The molecular formula is C19H13ClN4O. The predicted molar refractivity (Wildman–Crippen MR) is 99.9 cm³/mol. The molecule has 2 aromatic carbocycles. The van der Waals surface area contributed by atoms with Crippen molar-refractivity contribution in [3.8, 4) is 5.69 Å². The predicted octanol–water partition coefficient (Wildman–Crippen LogP) is 4.18. The van der Waals surface area contributed by atoms with Gasteiger partial charge in [0.1, 0.15) is 0 Å². The van der Waals surface area contributed by atoms with Gasteiger partial charge >= 0.3 is 0 Å². The van der Waals surface area contributed by atoms with Crippen molar-refractivity contribution in [2.75, 3.05) is 5.32 Å². The van der Waals surface area contributed by atoms with Gasteiger partial charge in [-0.1, -0.05) is 35.9 Å². The monoisotopic (exact) mass is 348 g/mol. The Balaban J connectivity index is 2.01. The average molecular weight is 349 g/mol. The molecule has 0 amide bonds. The molecule has 0 fully saturated rings. The van der Waals surface area contributed by atoms with E-state index in [4.69, 9.17) is 11.6 Å². The molecule has 2 heterocycles. The second-order valence-electron chi connectivity index (χ2n) is 5.41. The highest BCUT2D eigenvalue weighted by Gasteiger charge is 2.14. The van der Waals surface area contributed by atoms with E-state index < -0.39 is 0 Å². The Labute approximate surface area is 148 Å². The summed E-state index contributed by atoms with van der Waals surface area (Å²) in [4.78, 5) is 21.8. The number of hydrogen-bond acceptors (Lipinski definition) is 4. The van der Waals surface area contributed by atoms with E-state index in [1.165, 1.54) is 4.57 Å². The molecule has 0 bridgehead atoms. The number of aromatic nitrogens is 3. The average Bonchev–Trinajstić information content (AvgIpc) is 2.64. The summed E-state index contributed by atoms with van der Waals surface area (Å²) in [5.41, 5.74) is 1.72. The summed E-state index contributed by atoms with van der Waals surface area (Å²) in [5.74, 6) is 0.379. The number of rotatable bonds is 3. The summed E-state index contributed by atoms with van der Waals surface area (Å²) in [7, 11) is 0. The lowest BCUT2D eigenvalue weighted by molar-refractivity contribution is 0.974. The van der Waals surface area contributed by atoms with Gasteiger partial charge in [0.15, 0.2) is 0 Å². The molecule has 122 valence electrons. The van der Waals surface area contributed by atoms with Gasteiger partial charge < -0.3 is 5.32 Å². The quantitative estimate of drug-likeness (QED) is 0.603. The molecule has 4 aromatic rings. The lowest BCUT2D eigenvalue weighted by Gasteiger charge is -2.15. The van der Waals surface area contributed by atoms with Crippen LogP contribution in [0.5, 0.6) is 0 Å². The van der Waals surface area contributed by atoms with E-state index in [0.29, 0.717) is 27.6 Å². The number of nitrogens with zero attached hydrogens (tertiary/aromatic N) is 3. The second kappa shape index (κ2) is 6.37. The zero-order chi connectivity index (χ0) is 17.2. The van der Waals surface area contributed by atoms with Gasteiger partial charge in [0, 0.05) is 6.20 Å². The highest BCUT2D eigenvalue weighted by molar-refractivity contribution is 6.35. The number of hydrogen-bond donors (Lipinski definition) is 1. The minimum Gasteiger partial charge on any atom is -0.324 e. The Morgan fingerprint density at radius 1 is 0.960 bits per heavy atom. The van der Waals surface area contributed by atoms with Crippen molar-refractivity contribution in [1.82, 2.24) is 14.5 Å². The fourth-order valence-electron chi connectivity index (χ4n) is 2.64. The molecule has 1 N–H and O–H groups in total. The molecule has 6 heteroatoms. The van der Waals surface area contributed by atoms with E-state index in [2.05, 4.69) is 15.3 Å². The summed E-state index contributed by atoms with van der Waals surface area (Å²) in [5, 5.41) is 4.06. The van der Waals surface area contributed by atoms with Crippen molar-refractivity contribution in [1.29, 1.82) is 0 Å². The van der Waals surface area contributed by atoms with Crippen molar-refractivity contribution >= 4 is 34.1 Å². The lowest BCUT2D eigenvalue weighted by Crippen LogP contribution is -2.22. The van der Waals surface area contributed by atoms with Crippen LogP contribution in [0.1, 0.15) is 0 Å². The molecule has 4 rings (SSSR count). The van der Waals surface area contributed by atoms with E-state index in [0.717, 1.165) is 5.69 Å². The molecule has 0 unspecified atom stereocenters. The Morgan fingerprint density at radius 3 is 2.56 bits per heavy atom. The van der Waals surface area contributed by atoms with Gasteiger partial charge in [0.05, 0.1) is 33.5 Å². The van der Waals surface area contributed by atoms with E-state index in [9.17, 15) is 4.79 Å². The maximum Gasteiger partial charge on any atom is 0.267 e. The topological polar surface area (TPSA) is 59.8 Å². The van der Waals surface area contributed by atoms with Crippen molar-refractivity contribution in [3.63, 3.8) is 0 Å². The van der Waals surface area contributed by atoms with E-state index in [1.807, 2.05) is 36.4 Å². The van der Waals surface area contributed by atoms with Gasteiger partial charge in [-0.25, -0.2) is 9.55 Å². The first-order valence-electron chi connectivity index (χ1n) is 7.68. The summed E-state index contributed by atoms with van der Waals surface area (Å²) in [6.45, 7) is 0. The summed E-state index contributed by atoms with van der Waals surface area (Å²) in [6, 6.07) is 18.2. The largest absolute Gasteiger partial charge is 0.324 e. The van der Waals surface area contributed by atoms with Crippen LogP contribution in [0.15, 0.2) is 77.9 Å². The Hall–Kier alpha value is -3.18. The Kier molecular flexibility index (Phi) is 3.91. The number of anilines is 2. The number of nitrogens with one attached hydrogen (secondary N) is 1. The minimum atomic E-state index is -0.190. The second-order valence-corrected chi connectivity index (χ2v) is 5.82. The van der Waals surface area contributed by atoms with Crippen LogP contribution in [-0.2, 0) is 0 Å². The van der Waals surface area contributed by atoms with Crippen LogP contribution in [0.4, 0.5) is 11.6 Å². The van der Waals surface area contributed by atoms with Gasteiger partial charge in [-0.15, -0.1) is 0 Å². The van der Waals surface area contributed by atoms with Crippen molar-refractivity contribution in [3.05, 3.63) is 88.4 Å². The molecule has 0 atom stereocenters. The molecule has 0 saturated carbocycles. The molecule has 0 radical (unpaired) electrons. The number of fused-ring (bicyclic) bond motifs is 1. The van der Waals surface area contributed by atoms with Crippen LogP contribution < -0.4 is 10.9 Å². The van der Waals surface area contributed by atoms with Gasteiger partial charge in [0.2, 0.25) is 5.95 Å². The molecule has 0 aliphatic rings. The SMILES string of the molecule is O=c1c2cccc(Cl)c2nc(Nc2cccnc2)n1-c1ccccc1. The van der Waals surface area contributed by atoms with Gasteiger partial charge in [-0.3, -0.25) is 9.78 Å². The van der Waals surface area contributed by atoms with Crippen LogP contribution in [-0.4, -0.2) is 14.5 Å². The Bertz CT molecular complexity index is 1090. The van der Waals surface area contributed by atoms with Crippen molar-refractivity contribution in [2.45, 2.75) is 0 Å². The van der Waals surface area contributed by atoms with Crippen LogP contribution in [0.3, 0.4) is 0 Å². The van der Waals surface area contributed by atoms with Crippen LogP contribution in [0, 0.1) is 0 Å². The summed E-state index contributed by atoms with van der Waals surface area (Å²) in [6.07, 6.45) is 3.35. The molecule has 0 aliphatic carbocycles. The number of benzene rings is 2. The highest BCUT2D eigenvalue weighted by Crippen LogP contribution is 2.24. The molecule has 0 aliphatic heterocycles. The lowest BCUT2D eigenvalue weighted by atomic mass is 10.2. The zero-order valence-electron chi connectivity index (χ0n) is 13.1. The number of pyridine rings is 1. The van der Waals surface area contributed by atoms with Crippen molar-refractivity contribution in [2.24, 2.45) is 0 Å². The van der Waals surface area contributed by atoms with Crippen molar-refractivity contribution < 1.29 is 0 Å². The van der Waals surface area contributed by atoms with Gasteiger partial charge in [0.25, 0.3) is 5.56 Å². The fraction of sp³-hybridized carbons (Fsp3) is 0. The number of para-hydroxylation sites is 2. The van der Waals surface area contributed by atoms with Crippen LogP contribution in [0.2, 0.25) is 5.02 Å². The standard InChI is InChI=1S/C19H13ClN4O/c20-16-10-4-9-15-17(16)23-19(22-13-6-5-11-21-12-13)24(18(15)25)14-7-2-1-3-8-14/h1-12H,(H,22,23). The number of halogens is 1. The summed E-state index contributed by atoms with van der Waals surface area (Å²) >= 11 is 6.25. The first-order chi connectivity index (χ1) is 12.2. The first-order valence-corrected chi connectivity index (χ1v) is 8.05. The molecular weight excluding hydrogens is 336 g/mol. The smallest absolute Gasteiger partial charge is 0.267 e. The third-order valence-corrected chi connectivity index (χ3v) is 4.09. The van der Waals surface area contributed by atoms with Gasteiger partial charge in [-0.2, -0.15) is 0 Å². The highest BCUT2D eigenvalue weighted by atomic mass is 35.5. The maximum absolute atomic E-state index is 13.1. The first kappa shape index (κ1) is 15.4. The van der Waals surface area contributed by atoms with Crippen LogP contribution >= 0.6 is 11.6 Å². The third kappa shape index (κ3) is 2.86. The van der Waals surface area contributed by atoms with Crippen LogP contribution in [0.25, 0.3) is 16.6 Å². The maximum atomic E-state index is 13.1. The summed E-state index contributed by atoms with van der Waals surface area (Å²) < 4.78 is 1.53. The molecule has 0 saturated heterocycles. The Morgan fingerprint density at radius 2 is 1.80 bits per heavy atom. The zero-order valence-corrected chi connectivity index (χ0v) is 13.8. The molecule has 2 aromatic heterocycles.